The van der Waals surface area contributed by atoms with Gasteiger partial charge in [0.2, 0.25) is 5.95 Å². The summed E-state index contributed by atoms with van der Waals surface area (Å²) < 4.78 is 21.2. The number of imidazole rings is 1. The first-order valence-electron chi connectivity index (χ1n) is 6.10. The van der Waals surface area contributed by atoms with Crippen molar-refractivity contribution in [1.82, 2.24) is 19.5 Å². The Kier molecular flexibility index (Phi) is 5.01. The molecule has 1 atom stereocenters. The number of nitrogens with zero attached hydrogens (tertiary/aromatic N) is 3. The van der Waals surface area contributed by atoms with E-state index in [0.717, 1.165) is 0 Å². The van der Waals surface area contributed by atoms with E-state index in [9.17, 15) is 23.8 Å². The highest BCUT2D eigenvalue weighted by molar-refractivity contribution is 7.47. The maximum atomic E-state index is 11.8. The van der Waals surface area contributed by atoms with Crippen molar-refractivity contribution < 1.29 is 28.1 Å². The Bertz CT molecular complexity index is 844. The number of carbonyl (C=O) groups is 2. The van der Waals surface area contributed by atoms with Crippen molar-refractivity contribution in [2.45, 2.75) is 6.54 Å². The van der Waals surface area contributed by atoms with Crippen LogP contribution in [0.1, 0.15) is 0 Å². The number of hydrogen-bond acceptors (Lipinski definition) is 9. The average Bonchev–Trinajstić information content (AvgIpc) is 2.86. The lowest BCUT2D eigenvalue weighted by atomic mass is 10.4. The maximum Gasteiger partial charge on any atom is 0.473 e. The zero-order valence-corrected chi connectivity index (χ0v) is 12.4. The van der Waals surface area contributed by atoms with Gasteiger partial charge in [0.05, 0.1) is 12.9 Å². The minimum atomic E-state index is -4.48. The highest BCUT2D eigenvalue weighted by Crippen LogP contribution is 2.42. The number of nitrogens with one attached hydrogen (secondary N) is 1. The van der Waals surface area contributed by atoms with Crippen molar-refractivity contribution in [3.63, 3.8) is 0 Å². The minimum Gasteiger partial charge on any atom is -0.369 e. The number of carbonyl (C=O) groups excluding carboxylic acids is 2. The number of hydrogen-bond donors (Lipinski definition) is 3. The summed E-state index contributed by atoms with van der Waals surface area (Å²) in [5, 5.41) is 0. The number of rotatable bonds is 8. The minimum absolute atomic E-state index is 0.00457. The first kappa shape index (κ1) is 17.0. The molecular formula is C10H12N5O7P. The van der Waals surface area contributed by atoms with Crippen LogP contribution in [0.3, 0.4) is 0 Å². The molecule has 0 aliphatic heterocycles. The summed E-state index contributed by atoms with van der Waals surface area (Å²) in [5.74, 6) is -0.760. The van der Waals surface area contributed by atoms with Gasteiger partial charge in [-0.05, 0) is 0 Å². The number of Topliss-reactive ketones (excluding diaryl/α,β-unsaturated/α-hetero) is 1. The van der Waals surface area contributed by atoms with E-state index >= 15 is 0 Å². The number of nitrogen functional groups attached to an aromatic ring is 1. The third-order valence-corrected chi connectivity index (χ3v) is 3.46. The van der Waals surface area contributed by atoms with Gasteiger partial charge in [0.25, 0.3) is 5.56 Å². The highest BCUT2D eigenvalue weighted by atomic mass is 31.2. The molecule has 0 aliphatic rings. The van der Waals surface area contributed by atoms with Gasteiger partial charge in [-0.2, -0.15) is 4.98 Å². The number of anilines is 1. The van der Waals surface area contributed by atoms with E-state index in [1.54, 1.807) is 0 Å². The Morgan fingerprint density at radius 2 is 2.26 bits per heavy atom. The quantitative estimate of drug-likeness (QED) is 0.380. The summed E-state index contributed by atoms with van der Waals surface area (Å²) >= 11 is 0. The van der Waals surface area contributed by atoms with Gasteiger partial charge in [-0.25, -0.2) is 9.55 Å². The second-order valence-corrected chi connectivity index (χ2v) is 5.69. The van der Waals surface area contributed by atoms with E-state index in [-0.39, 0.29) is 29.9 Å². The molecule has 23 heavy (non-hydrogen) atoms. The molecule has 0 fully saturated rings. The fraction of sp³-hybridized carbons (Fsp3) is 0.300. The van der Waals surface area contributed by atoms with E-state index in [1.165, 1.54) is 10.9 Å². The predicted molar refractivity (Wildman–Crippen MR) is 75.4 cm³/mol. The van der Waals surface area contributed by atoms with Gasteiger partial charge in [0.15, 0.2) is 16.9 Å². The second-order valence-electron chi connectivity index (χ2n) is 4.24. The monoisotopic (exact) mass is 345 g/mol. The molecule has 2 rings (SSSR count). The number of phosphoric acid groups is 1. The Hall–Kier alpha value is -2.40. The number of aromatic amines is 1. The maximum absolute atomic E-state index is 11.8. The normalized spacial score (nSPS) is 13.8. The Morgan fingerprint density at radius 1 is 1.52 bits per heavy atom. The number of aldehydes is 1. The summed E-state index contributed by atoms with van der Waals surface area (Å²) in [6, 6.07) is 0. The summed E-state index contributed by atoms with van der Waals surface area (Å²) in [6.45, 7) is -1.70. The predicted octanol–water partition coefficient (Wildman–Crippen LogP) is -1.40. The van der Waals surface area contributed by atoms with Crippen LogP contribution in [0.4, 0.5) is 5.95 Å². The molecule has 12 nitrogen and oxygen atoms in total. The van der Waals surface area contributed by atoms with Gasteiger partial charge in [-0.1, -0.05) is 0 Å². The molecule has 0 saturated heterocycles. The largest absolute Gasteiger partial charge is 0.473 e. The molecule has 2 heterocycles. The van der Waals surface area contributed by atoms with E-state index in [2.05, 4.69) is 24.0 Å². The molecule has 0 radical (unpaired) electrons. The van der Waals surface area contributed by atoms with Crippen molar-refractivity contribution in [3.8, 4) is 0 Å². The van der Waals surface area contributed by atoms with Crippen molar-refractivity contribution in [2.75, 3.05) is 18.9 Å². The van der Waals surface area contributed by atoms with Crippen LogP contribution in [0.15, 0.2) is 11.1 Å². The molecule has 0 spiro atoms. The molecule has 1 unspecified atom stereocenters. The molecule has 0 saturated carbocycles. The van der Waals surface area contributed by atoms with Crippen LogP contribution in [0.2, 0.25) is 0 Å². The number of H-pyrrole nitrogens is 1. The van der Waals surface area contributed by atoms with E-state index in [4.69, 9.17) is 5.73 Å². The summed E-state index contributed by atoms with van der Waals surface area (Å²) in [4.78, 5) is 52.5. The molecule has 124 valence electrons. The Morgan fingerprint density at radius 3 is 2.96 bits per heavy atom. The molecule has 0 bridgehead atoms. The zero-order chi connectivity index (χ0) is 17.0. The molecule has 0 amide bonds. The second kappa shape index (κ2) is 6.79. The van der Waals surface area contributed by atoms with Crippen LogP contribution in [0.25, 0.3) is 11.2 Å². The standard InChI is InChI=1S/C10H12N5O7P/c11-10-13-8-7(9(18)14-10)12-5-15(8)3-6(17)4-22-23(19,20)21-2-1-16/h1,5H,2-4H2,(H,19,20)(H3,11,13,14,18). The molecule has 0 aliphatic carbocycles. The van der Waals surface area contributed by atoms with Crippen LogP contribution >= 0.6 is 7.82 Å². The smallest absolute Gasteiger partial charge is 0.369 e. The number of ketones is 1. The zero-order valence-electron chi connectivity index (χ0n) is 11.5. The van der Waals surface area contributed by atoms with Crippen molar-refractivity contribution >= 4 is 37.0 Å². The third kappa shape index (κ3) is 4.29. The lowest BCUT2D eigenvalue weighted by molar-refractivity contribution is -0.122. The molecular weight excluding hydrogens is 333 g/mol. The van der Waals surface area contributed by atoms with Crippen LogP contribution in [0.5, 0.6) is 0 Å². The summed E-state index contributed by atoms with van der Waals surface area (Å²) in [5.41, 5.74) is 4.94. The number of aromatic nitrogens is 4. The molecule has 2 aromatic heterocycles. The summed E-state index contributed by atoms with van der Waals surface area (Å²) in [7, 11) is -4.48. The van der Waals surface area contributed by atoms with Gasteiger partial charge in [-0.15, -0.1) is 0 Å². The third-order valence-electron chi connectivity index (χ3n) is 2.53. The van der Waals surface area contributed by atoms with Gasteiger partial charge in [0.1, 0.15) is 19.5 Å². The van der Waals surface area contributed by atoms with Gasteiger partial charge in [-0.3, -0.25) is 23.6 Å². The summed E-state index contributed by atoms with van der Waals surface area (Å²) in [6.07, 6.45) is 1.46. The number of nitrogens with two attached hydrogens (primary N) is 1. The first-order chi connectivity index (χ1) is 10.8. The lowest BCUT2D eigenvalue weighted by Crippen LogP contribution is -2.17. The van der Waals surface area contributed by atoms with Crippen molar-refractivity contribution in [2.24, 2.45) is 0 Å². The number of fused-ring (bicyclic) bond motifs is 1. The van der Waals surface area contributed by atoms with E-state index in [1.807, 2.05) is 0 Å². The van der Waals surface area contributed by atoms with Gasteiger partial charge < -0.3 is 20.0 Å². The average molecular weight is 345 g/mol. The van der Waals surface area contributed by atoms with Crippen LogP contribution < -0.4 is 11.3 Å². The lowest BCUT2D eigenvalue weighted by Gasteiger charge is -2.10. The fourth-order valence-electron chi connectivity index (χ4n) is 1.64. The molecule has 13 heteroatoms. The highest BCUT2D eigenvalue weighted by Gasteiger charge is 2.22. The van der Waals surface area contributed by atoms with Crippen LogP contribution in [-0.4, -0.2) is 49.7 Å². The molecule has 4 N–H and O–H groups in total. The number of phosphoric ester groups is 1. The van der Waals surface area contributed by atoms with Crippen molar-refractivity contribution in [1.29, 1.82) is 0 Å². The first-order valence-corrected chi connectivity index (χ1v) is 7.60. The van der Waals surface area contributed by atoms with E-state index < -0.39 is 32.4 Å². The molecule has 2 aromatic rings. The Balaban J connectivity index is 2.05. The van der Waals surface area contributed by atoms with Gasteiger partial charge >= 0.3 is 7.82 Å². The Labute approximate surface area is 127 Å². The van der Waals surface area contributed by atoms with Gasteiger partial charge in [0, 0.05) is 0 Å². The fourth-order valence-corrected chi connectivity index (χ4v) is 2.27. The van der Waals surface area contributed by atoms with Crippen LogP contribution in [-0.2, 0) is 29.7 Å². The van der Waals surface area contributed by atoms with E-state index in [0.29, 0.717) is 0 Å². The van der Waals surface area contributed by atoms with Crippen molar-refractivity contribution in [3.05, 3.63) is 16.7 Å². The topological polar surface area (TPSA) is 179 Å². The molecule has 0 aromatic carbocycles. The van der Waals surface area contributed by atoms with Crippen LogP contribution in [0, 0.1) is 0 Å². The SMILES string of the molecule is Nc1nc2c(ncn2CC(=O)COP(=O)(O)OCC=O)c(=O)[nH]1.